The van der Waals surface area contributed by atoms with Crippen molar-refractivity contribution in [2.75, 3.05) is 5.32 Å². The molecule has 4 nitrogen and oxygen atoms in total. The normalized spacial score (nSPS) is 13.6. The second kappa shape index (κ2) is 7.30. The van der Waals surface area contributed by atoms with Crippen molar-refractivity contribution in [1.82, 2.24) is 14.2 Å². The number of rotatable bonds is 4. The number of anilines is 1. The van der Waals surface area contributed by atoms with E-state index in [2.05, 4.69) is 60.8 Å². The Morgan fingerprint density at radius 3 is 2.61 bits per heavy atom. The van der Waals surface area contributed by atoms with Gasteiger partial charge in [0.25, 0.3) is 0 Å². The Morgan fingerprint density at radius 2 is 1.82 bits per heavy atom. The number of halogens is 2. The van der Waals surface area contributed by atoms with Crippen LogP contribution >= 0.6 is 27.5 Å². The minimum atomic E-state index is 0.666. The van der Waals surface area contributed by atoms with Crippen LogP contribution in [0.2, 0.25) is 5.02 Å². The number of hydrogen-bond acceptors (Lipinski definition) is 2. The summed E-state index contributed by atoms with van der Waals surface area (Å²) >= 11 is 9.53. The van der Waals surface area contributed by atoms with Crippen LogP contribution in [0.15, 0.2) is 59.2 Å². The highest BCUT2D eigenvalue weighted by atomic mass is 79.9. The van der Waals surface area contributed by atoms with Gasteiger partial charge in [-0.15, -0.1) is 0 Å². The molecule has 2 aromatic carbocycles. The lowest BCUT2D eigenvalue weighted by molar-refractivity contribution is 0.583. The first-order valence-corrected chi connectivity index (χ1v) is 10.7. The van der Waals surface area contributed by atoms with Crippen molar-refractivity contribution >= 4 is 38.9 Å². The number of benzene rings is 2. The standard InChI is InChI=1S/C22H20BrClN4/c23-16-6-4-15(5-7-16)20-14-27-21(13-25-18-10-8-17(24)9-11-18)26-28-12-2-1-3-19(20)22(27)28/h4-11,14,25H,1-3,12-13H2. The number of aromatic nitrogens is 3. The highest BCUT2D eigenvalue weighted by molar-refractivity contribution is 9.10. The summed E-state index contributed by atoms with van der Waals surface area (Å²) in [6.45, 7) is 1.64. The summed E-state index contributed by atoms with van der Waals surface area (Å²) < 4.78 is 5.55. The molecule has 2 aromatic heterocycles. The Kier molecular flexibility index (Phi) is 4.65. The van der Waals surface area contributed by atoms with Crippen molar-refractivity contribution in [2.24, 2.45) is 0 Å². The van der Waals surface area contributed by atoms with Gasteiger partial charge in [0, 0.05) is 39.1 Å². The van der Waals surface area contributed by atoms with Crippen LogP contribution in [-0.4, -0.2) is 14.2 Å². The molecule has 0 fully saturated rings. The van der Waals surface area contributed by atoms with Gasteiger partial charge in [-0.1, -0.05) is 39.7 Å². The van der Waals surface area contributed by atoms with Crippen molar-refractivity contribution in [1.29, 1.82) is 0 Å². The van der Waals surface area contributed by atoms with Crippen LogP contribution in [0.3, 0.4) is 0 Å². The first-order valence-electron chi connectivity index (χ1n) is 9.54. The van der Waals surface area contributed by atoms with Crippen LogP contribution in [0.4, 0.5) is 5.69 Å². The van der Waals surface area contributed by atoms with Gasteiger partial charge < -0.3 is 5.32 Å². The third kappa shape index (κ3) is 3.23. The molecule has 4 aromatic rings. The molecule has 0 spiro atoms. The Morgan fingerprint density at radius 1 is 1.04 bits per heavy atom. The summed E-state index contributed by atoms with van der Waals surface area (Å²) in [4.78, 5) is 0. The fourth-order valence-electron chi connectivity index (χ4n) is 3.96. The smallest absolute Gasteiger partial charge is 0.154 e. The lowest BCUT2D eigenvalue weighted by Crippen LogP contribution is -2.05. The van der Waals surface area contributed by atoms with E-state index < -0.39 is 0 Å². The Hall–Kier alpha value is -2.24. The topological polar surface area (TPSA) is 34.3 Å². The summed E-state index contributed by atoms with van der Waals surface area (Å²) in [6, 6.07) is 16.4. The van der Waals surface area contributed by atoms with Gasteiger partial charge in [-0.3, -0.25) is 4.40 Å². The molecule has 3 heterocycles. The maximum atomic E-state index is 5.99. The Balaban J connectivity index is 1.55. The maximum Gasteiger partial charge on any atom is 0.154 e. The highest BCUT2D eigenvalue weighted by Gasteiger charge is 2.21. The zero-order valence-corrected chi connectivity index (χ0v) is 17.7. The van der Waals surface area contributed by atoms with Crippen LogP contribution < -0.4 is 5.32 Å². The van der Waals surface area contributed by atoms with E-state index in [9.17, 15) is 0 Å². The molecule has 1 aliphatic heterocycles. The van der Waals surface area contributed by atoms with Crippen LogP contribution in [0.25, 0.3) is 16.8 Å². The van der Waals surface area contributed by atoms with Crippen LogP contribution in [-0.2, 0) is 19.5 Å². The van der Waals surface area contributed by atoms with Gasteiger partial charge in [-0.2, -0.15) is 5.10 Å². The van der Waals surface area contributed by atoms with Crippen molar-refractivity contribution in [3.63, 3.8) is 0 Å². The molecule has 0 aliphatic carbocycles. The molecule has 0 saturated heterocycles. The molecular formula is C22H20BrClN4. The first-order chi connectivity index (χ1) is 13.7. The first kappa shape index (κ1) is 17.8. The van der Waals surface area contributed by atoms with E-state index >= 15 is 0 Å². The van der Waals surface area contributed by atoms with Gasteiger partial charge in [0.2, 0.25) is 0 Å². The van der Waals surface area contributed by atoms with Crippen LogP contribution in [0.5, 0.6) is 0 Å². The van der Waals surface area contributed by atoms with E-state index in [0.29, 0.717) is 6.54 Å². The molecule has 5 rings (SSSR count). The minimum Gasteiger partial charge on any atom is -0.378 e. The molecule has 28 heavy (non-hydrogen) atoms. The largest absolute Gasteiger partial charge is 0.378 e. The lowest BCUT2D eigenvalue weighted by atomic mass is 10.0. The predicted octanol–water partition coefficient (Wildman–Crippen LogP) is 6.17. The van der Waals surface area contributed by atoms with Crippen molar-refractivity contribution < 1.29 is 0 Å². The number of nitrogens with one attached hydrogen (secondary N) is 1. The molecule has 0 unspecified atom stereocenters. The lowest BCUT2D eigenvalue weighted by Gasteiger charge is -2.05. The molecule has 0 amide bonds. The van der Waals surface area contributed by atoms with E-state index in [1.54, 1.807) is 0 Å². The minimum absolute atomic E-state index is 0.666. The van der Waals surface area contributed by atoms with E-state index in [1.165, 1.54) is 28.8 Å². The second-order valence-corrected chi connectivity index (χ2v) is 8.53. The molecular weight excluding hydrogens is 436 g/mol. The zero-order valence-electron chi connectivity index (χ0n) is 15.3. The average molecular weight is 456 g/mol. The highest BCUT2D eigenvalue weighted by Crippen LogP contribution is 2.33. The van der Waals surface area contributed by atoms with Crippen LogP contribution in [0.1, 0.15) is 24.2 Å². The third-order valence-electron chi connectivity index (χ3n) is 5.34. The molecule has 1 N–H and O–H groups in total. The molecule has 0 bridgehead atoms. The fraction of sp³-hybridized carbons (Fsp3) is 0.227. The Bertz CT molecular complexity index is 1130. The number of hydrogen-bond donors (Lipinski definition) is 1. The fourth-order valence-corrected chi connectivity index (χ4v) is 4.35. The van der Waals surface area contributed by atoms with Crippen LogP contribution in [0, 0.1) is 0 Å². The summed E-state index contributed by atoms with van der Waals surface area (Å²) in [6.07, 6.45) is 5.71. The maximum absolute atomic E-state index is 5.99. The molecule has 6 heteroatoms. The van der Waals surface area contributed by atoms with Crippen molar-refractivity contribution in [3.8, 4) is 11.1 Å². The van der Waals surface area contributed by atoms with Gasteiger partial charge in [0.15, 0.2) is 5.82 Å². The van der Waals surface area contributed by atoms with Gasteiger partial charge in [0.05, 0.1) is 6.54 Å². The van der Waals surface area contributed by atoms with E-state index in [4.69, 9.17) is 16.7 Å². The second-order valence-electron chi connectivity index (χ2n) is 7.18. The molecule has 1 aliphatic rings. The van der Waals surface area contributed by atoms with E-state index in [-0.39, 0.29) is 0 Å². The van der Waals surface area contributed by atoms with Gasteiger partial charge in [-0.25, -0.2) is 4.68 Å². The molecule has 0 radical (unpaired) electrons. The van der Waals surface area contributed by atoms with Gasteiger partial charge >= 0.3 is 0 Å². The zero-order chi connectivity index (χ0) is 19.1. The summed E-state index contributed by atoms with van der Waals surface area (Å²) in [7, 11) is 0. The van der Waals surface area contributed by atoms with E-state index in [0.717, 1.165) is 40.4 Å². The third-order valence-corrected chi connectivity index (χ3v) is 6.12. The Labute approximate surface area is 177 Å². The quantitative estimate of drug-likeness (QED) is 0.399. The van der Waals surface area contributed by atoms with Gasteiger partial charge in [0.1, 0.15) is 5.65 Å². The van der Waals surface area contributed by atoms with Crippen molar-refractivity contribution in [2.45, 2.75) is 32.4 Å². The average Bonchev–Trinajstić information content (AvgIpc) is 3.15. The summed E-state index contributed by atoms with van der Waals surface area (Å²) in [5.41, 5.74) is 6.26. The molecule has 0 atom stereocenters. The van der Waals surface area contributed by atoms with Crippen molar-refractivity contribution in [3.05, 3.63) is 75.6 Å². The van der Waals surface area contributed by atoms with E-state index in [1.807, 2.05) is 24.3 Å². The predicted molar refractivity (Wildman–Crippen MR) is 118 cm³/mol. The summed E-state index contributed by atoms with van der Waals surface area (Å²) in [5, 5.41) is 9.12. The monoisotopic (exact) mass is 454 g/mol. The molecule has 0 saturated carbocycles. The summed E-state index contributed by atoms with van der Waals surface area (Å²) in [5.74, 6) is 1.02. The number of nitrogens with zero attached hydrogens (tertiary/aromatic N) is 3. The van der Waals surface area contributed by atoms with Gasteiger partial charge in [-0.05, 0) is 61.2 Å². The SMILES string of the molecule is Clc1ccc(NCc2nn3c4c(c(-c5ccc(Br)cc5)cn24)CCCC3)cc1. The molecule has 142 valence electrons. The number of aryl methyl sites for hydroxylation is 2.